The molecule has 1 aliphatic carbocycles. The Labute approximate surface area is 190 Å². The molecule has 0 aromatic carbocycles. The maximum atomic E-state index is 13.0. The van der Waals surface area contributed by atoms with E-state index in [1.165, 1.54) is 12.8 Å². The largest absolute Gasteiger partial charge is 0.351 e. The summed E-state index contributed by atoms with van der Waals surface area (Å²) in [6.45, 7) is 5.81. The monoisotopic (exact) mass is 443 g/mol. The Morgan fingerprint density at radius 3 is 2.56 bits per heavy atom. The molecule has 1 saturated heterocycles. The molecular weight excluding hydrogens is 406 g/mol. The van der Waals surface area contributed by atoms with Gasteiger partial charge in [-0.1, -0.05) is 19.8 Å². The van der Waals surface area contributed by atoms with E-state index in [2.05, 4.69) is 29.0 Å². The number of nitrogens with one attached hydrogen (secondary N) is 1. The molecule has 1 saturated carbocycles. The van der Waals surface area contributed by atoms with Crippen molar-refractivity contribution in [2.45, 2.75) is 76.9 Å². The maximum absolute atomic E-state index is 13.0. The standard InChI is InChI=1S/C23H37N7O2/c1-4-18-22(32)28(3)19-14-25-23(27-21(19)30(18)17-7-5-6-8-17)26-15(2)16-9-11-29(12-10-16)20(31)13-24/h14-18H,4-13,24H2,1-3H3,(H,25,26,27)/t15?,18-/m1/s1. The predicted octanol–water partition coefficient (Wildman–Crippen LogP) is 1.98. The lowest BCUT2D eigenvalue weighted by Gasteiger charge is -2.43. The Morgan fingerprint density at radius 1 is 1.25 bits per heavy atom. The van der Waals surface area contributed by atoms with E-state index in [9.17, 15) is 9.59 Å². The highest BCUT2D eigenvalue weighted by molar-refractivity contribution is 6.04. The van der Waals surface area contributed by atoms with E-state index in [0.29, 0.717) is 17.9 Å². The van der Waals surface area contributed by atoms with Crippen LogP contribution in [0.1, 0.15) is 58.8 Å². The van der Waals surface area contributed by atoms with Crippen LogP contribution < -0.4 is 20.9 Å². The quantitative estimate of drug-likeness (QED) is 0.692. The first kappa shape index (κ1) is 22.8. The molecule has 2 amide bonds. The normalized spacial score (nSPS) is 23.4. The number of likely N-dealkylation sites (tertiary alicyclic amines) is 1. The van der Waals surface area contributed by atoms with Gasteiger partial charge in [-0.15, -0.1) is 0 Å². The van der Waals surface area contributed by atoms with Crippen LogP contribution in [0.2, 0.25) is 0 Å². The molecule has 0 bridgehead atoms. The van der Waals surface area contributed by atoms with Gasteiger partial charge in [-0.05, 0) is 44.9 Å². The third kappa shape index (κ3) is 4.27. The lowest BCUT2D eigenvalue weighted by Crippen LogP contribution is -2.55. The molecule has 9 heteroatoms. The smallest absolute Gasteiger partial charge is 0.249 e. The van der Waals surface area contributed by atoms with E-state index < -0.39 is 0 Å². The summed E-state index contributed by atoms with van der Waals surface area (Å²) in [6.07, 6.45) is 9.05. The molecule has 1 aromatic heterocycles. The van der Waals surface area contributed by atoms with Gasteiger partial charge in [0.1, 0.15) is 11.7 Å². The van der Waals surface area contributed by atoms with Gasteiger partial charge in [-0.2, -0.15) is 4.98 Å². The number of likely N-dealkylation sites (N-methyl/N-ethyl adjacent to an activating group) is 1. The van der Waals surface area contributed by atoms with Crippen LogP contribution in [0.3, 0.4) is 0 Å². The second-order valence-electron chi connectivity index (χ2n) is 9.42. The Morgan fingerprint density at radius 2 is 1.94 bits per heavy atom. The molecule has 176 valence electrons. The van der Waals surface area contributed by atoms with Crippen molar-refractivity contribution in [3.63, 3.8) is 0 Å². The number of aromatic nitrogens is 2. The molecule has 32 heavy (non-hydrogen) atoms. The number of carbonyl (C=O) groups excluding carboxylic acids is 2. The first-order chi connectivity index (χ1) is 15.4. The SMILES string of the molecule is CC[C@@H]1C(=O)N(C)c2cnc(NC(C)C3CCN(C(=O)CN)CC3)nc2N1C1CCCC1. The number of hydrogen-bond donors (Lipinski definition) is 2. The molecule has 0 radical (unpaired) electrons. The summed E-state index contributed by atoms with van der Waals surface area (Å²) in [7, 11) is 1.82. The van der Waals surface area contributed by atoms with Gasteiger partial charge in [0, 0.05) is 32.2 Å². The summed E-state index contributed by atoms with van der Waals surface area (Å²) in [6, 6.07) is 0.383. The van der Waals surface area contributed by atoms with Gasteiger partial charge in [-0.3, -0.25) is 9.59 Å². The second kappa shape index (κ2) is 9.60. The van der Waals surface area contributed by atoms with Crippen molar-refractivity contribution in [3.05, 3.63) is 6.20 Å². The van der Waals surface area contributed by atoms with Crippen LogP contribution in [0.15, 0.2) is 6.20 Å². The summed E-state index contributed by atoms with van der Waals surface area (Å²) in [4.78, 5) is 40.2. The van der Waals surface area contributed by atoms with E-state index in [4.69, 9.17) is 10.7 Å². The number of carbonyl (C=O) groups is 2. The fourth-order valence-electron chi connectivity index (χ4n) is 5.55. The van der Waals surface area contributed by atoms with Crippen LogP contribution in [0.5, 0.6) is 0 Å². The highest BCUT2D eigenvalue weighted by Gasteiger charge is 2.41. The Kier molecular flexibility index (Phi) is 6.83. The topological polar surface area (TPSA) is 108 Å². The highest BCUT2D eigenvalue weighted by Crippen LogP contribution is 2.40. The molecule has 2 aliphatic heterocycles. The number of nitrogens with zero attached hydrogens (tertiary/aromatic N) is 5. The highest BCUT2D eigenvalue weighted by atomic mass is 16.2. The molecule has 2 atom stereocenters. The predicted molar refractivity (Wildman–Crippen MR) is 126 cm³/mol. The number of rotatable bonds is 6. The van der Waals surface area contributed by atoms with Crippen molar-refractivity contribution in [2.75, 3.05) is 41.8 Å². The molecule has 3 aliphatic rings. The van der Waals surface area contributed by atoms with Crippen molar-refractivity contribution >= 4 is 29.3 Å². The van der Waals surface area contributed by atoms with Gasteiger partial charge in [0.2, 0.25) is 17.8 Å². The first-order valence-electron chi connectivity index (χ1n) is 12.1. The minimum Gasteiger partial charge on any atom is -0.351 e. The van der Waals surface area contributed by atoms with Crippen LogP contribution >= 0.6 is 0 Å². The number of hydrogen-bond acceptors (Lipinski definition) is 7. The third-order valence-corrected chi connectivity index (χ3v) is 7.54. The van der Waals surface area contributed by atoms with Crippen molar-refractivity contribution < 1.29 is 9.59 Å². The average Bonchev–Trinajstić information content (AvgIpc) is 3.35. The second-order valence-corrected chi connectivity index (χ2v) is 9.42. The molecule has 1 unspecified atom stereocenters. The van der Waals surface area contributed by atoms with Crippen molar-refractivity contribution in [3.8, 4) is 0 Å². The van der Waals surface area contributed by atoms with E-state index in [-0.39, 0.29) is 30.4 Å². The molecule has 4 rings (SSSR count). The van der Waals surface area contributed by atoms with E-state index in [1.807, 2.05) is 11.9 Å². The molecule has 3 heterocycles. The third-order valence-electron chi connectivity index (χ3n) is 7.54. The lowest BCUT2D eigenvalue weighted by atomic mass is 9.90. The molecule has 2 fully saturated rings. The number of anilines is 3. The van der Waals surface area contributed by atoms with E-state index in [0.717, 1.165) is 56.7 Å². The summed E-state index contributed by atoms with van der Waals surface area (Å²) < 4.78 is 0. The van der Waals surface area contributed by atoms with Gasteiger partial charge in [0.05, 0.1) is 12.7 Å². The number of amides is 2. The average molecular weight is 444 g/mol. The van der Waals surface area contributed by atoms with Crippen LogP contribution in [0.4, 0.5) is 17.5 Å². The number of fused-ring (bicyclic) bond motifs is 1. The van der Waals surface area contributed by atoms with E-state index in [1.54, 1.807) is 11.1 Å². The minimum atomic E-state index is -0.166. The Hall–Kier alpha value is -2.42. The number of nitrogens with two attached hydrogens (primary N) is 1. The van der Waals surface area contributed by atoms with Gasteiger partial charge >= 0.3 is 0 Å². The molecule has 0 spiro atoms. The molecule has 3 N–H and O–H groups in total. The van der Waals surface area contributed by atoms with Crippen LogP contribution in [0, 0.1) is 5.92 Å². The summed E-state index contributed by atoms with van der Waals surface area (Å²) in [5, 5.41) is 3.51. The Bertz CT molecular complexity index is 834. The van der Waals surface area contributed by atoms with E-state index >= 15 is 0 Å². The minimum absolute atomic E-state index is 0.0261. The molecule has 1 aromatic rings. The van der Waals surface area contributed by atoms with Crippen molar-refractivity contribution in [2.24, 2.45) is 11.7 Å². The Balaban J connectivity index is 1.51. The van der Waals surface area contributed by atoms with Crippen LogP contribution in [-0.4, -0.2) is 71.5 Å². The molecular formula is C23H37N7O2. The summed E-state index contributed by atoms with van der Waals surface area (Å²) >= 11 is 0. The zero-order valence-corrected chi connectivity index (χ0v) is 19.6. The number of piperidine rings is 1. The summed E-state index contributed by atoms with van der Waals surface area (Å²) in [5.41, 5.74) is 6.29. The maximum Gasteiger partial charge on any atom is 0.249 e. The van der Waals surface area contributed by atoms with Crippen molar-refractivity contribution in [1.29, 1.82) is 0 Å². The fraction of sp³-hybridized carbons (Fsp3) is 0.739. The van der Waals surface area contributed by atoms with Crippen LogP contribution in [-0.2, 0) is 9.59 Å². The lowest BCUT2D eigenvalue weighted by molar-refractivity contribution is -0.131. The van der Waals surface area contributed by atoms with Gasteiger partial charge in [0.25, 0.3) is 0 Å². The van der Waals surface area contributed by atoms with Crippen LogP contribution in [0.25, 0.3) is 0 Å². The van der Waals surface area contributed by atoms with Crippen molar-refractivity contribution in [1.82, 2.24) is 14.9 Å². The zero-order chi connectivity index (χ0) is 22.8. The molecule has 9 nitrogen and oxygen atoms in total. The van der Waals surface area contributed by atoms with Gasteiger partial charge < -0.3 is 25.8 Å². The van der Waals surface area contributed by atoms with Gasteiger partial charge in [0.15, 0.2) is 5.82 Å². The van der Waals surface area contributed by atoms with Gasteiger partial charge in [-0.25, -0.2) is 4.98 Å². The zero-order valence-electron chi connectivity index (χ0n) is 19.6. The summed E-state index contributed by atoms with van der Waals surface area (Å²) in [5.74, 6) is 2.08. The first-order valence-corrected chi connectivity index (χ1v) is 12.1. The fourth-order valence-corrected chi connectivity index (χ4v) is 5.55.